The number of ether oxygens (including phenoxy) is 10. The minimum atomic E-state index is -6.11. The number of hydrogen-bond donors (Lipinski definition) is 1. The molecule has 0 saturated heterocycles. The van der Waals surface area contributed by atoms with Gasteiger partial charge in [-0.1, -0.05) is 0 Å². The third kappa shape index (κ3) is 33.9. The third-order valence-corrected chi connectivity index (χ3v) is 32.4. The van der Waals surface area contributed by atoms with Crippen molar-refractivity contribution in [2.24, 2.45) is 0 Å². The molecule has 0 heterocycles. The number of alkyl halides is 6. The summed E-state index contributed by atoms with van der Waals surface area (Å²) in [6.45, 7) is -4.36. The summed E-state index contributed by atoms with van der Waals surface area (Å²) in [5, 5.41) is 9.95. The highest BCUT2D eigenvalue weighted by Gasteiger charge is 2.73. The highest BCUT2D eigenvalue weighted by molar-refractivity contribution is 6.67. The Morgan fingerprint density at radius 1 is 0.301 bits per heavy atom. The quantitative estimate of drug-likeness (QED) is 0.0423. The van der Waals surface area contributed by atoms with Crippen LogP contribution in [0.2, 0.25) is 36.3 Å². The molecule has 0 fully saturated rings. The predicted octanol–water partition coefficient (Wildman–Crippen LogP) is 5.88. The summed E-state index contributed by atoms with van der Waals surface area (Å²) < 4.78 is 244. The van der Waals surface area contributed by atoms with E-state index in [0.717, 1.165) is 0 Å². The van der Waals surface area contributed by atoms with Gasteiger partial charge in [0.1, 0.15) is 24.9 Å². The molecule has 0 amide bonds. The zero-order valence-electron chi connectivity index (χ0n) is 58.1. The zero-order valence-corrected chi connectivity index (χ0v) is 64.1. The van der Waals surface area contributed by atoms with E-state index in [1.54, 1.807) is 0 Å². The molecule has 0 aromatic carbocycles. The largest absolute Gasteiger partial charge is 0.500 e. The molecule has 0 spiro atoms. The van der Waals surface area contributed by atoms with Crippen LogP contribution < -0.4 is 0 Å². The zero-order chi connectivity index (χ0) is 70.4. The van der Waals surface area contributed by atoms with E-state index in [1.165, 1.54) is 121 Å². The van der Waals surface area contributed by atoms with Crippen LogP contribution in [0.5, 0.6) is 0 Å². The molecule has 4 unspecified atom stereocenters. The monoisotopic (exact) mass is 1480 g/mol. The molecule has 0 aliphatic carbocycles. The van der Waals surface area contributed by atoms with Gasteiger partial charge >= 0.3 is 70.5 Å². The molecule has 0 rings (SSSR count). The van der Waals surface area contributed by atoms with E-state index in [1.807, 2.05) is 0 Å². The van der Waals surface area contributed by atoms with E-state index >= 15 is 26.3 Å². The highest BCUT2D eigenvalue weighted by atomic mass is 28.4. The molecular weight excluding hydrogens is 1370 g/mol. The van der Waals surface area contributed by atoms with Crippen LogP contribution in [0.4, 0.5) is 26.3 Å². The summed E-state index contributed by atoms with van der Waals surface area (Å²) in [7, 11) is 7.14. The molecule has 0 radical (unpaired) electrons. The first-order valence-electron chi connectivity index (χ1n) is 30.4. The Hall–Kier alpha value is -0.239. The van der Waals surface area contributed by atoms with Crippen LogP contribution in [0.1, 0.15) is 44.9 Å². The fourth-order valence-corrected chi connectivity index (χ4v) is 19.2. The average Bonchev–Trinajstić information content (AvgIpc) is 0.784. The van der Waals surface area contributed by atoms with Gasteiger partial charge in [0.05, 0.1) is 65.2 Å². The normalized spacial score (nSPS) is 15.0. The molecule has 28 nitrogen and oxygen atoms in total. The smallest absolute Gasteiger partial charge is 0.396 e. The number of aliphatic hydroxyl groups excluding tert-OH is 1. The summed E-state index contributed by atoms with van der Waals surface area (Å²) >= 11 is 0. The van der Waals surface area contributed by atoms with Gasteiger partial charge in [-0.15, -0.1) is 0 Å². The van der Waals surface area contributed by atoms with Crippen molar-refractivity contribution in [3.05, 3.63) is 0 Å². The number of halogens is 6. The molecule has 0 bridgehead atoms. The van der Waals surface area contributed by atoms with Crippen molar-refractivity contribution in [1.82, 2.24) is 0 Å². The third-order valence-electron chi connectivity index (χ3n) is 15.1. The standard InChI is InChI=1S/C53H114F6O28Si6/c1-61-88(46-60,62-2)32-20-27-84-50(43-81-42-49(86-30-23-37-93(75-15,76-16)77-17)40-79-26-19-34-90(66-6,67-7)68-8)44-82-45-51(54,55)52(56,57)53(58,59)87-31-24-47(83-28-21-35-91(69-9,70-10)71-11)38-80-41-48(85-29-22-36-92(72-12,73-13)74-14)39-78-25-18-33-89(63-3,64-4)65-5/h47-50,60H,18-46H2,1-17H3. The predicted molar refractivity (Wildman–Crippen MR) is 336 cm³/mol. The first kappa shape index (κ1) is 92.8. The lowest BCUT2D eigenvalue weighted by Gasteiger charge is -2.32. The van der Waals surface area contributed by atoms with Crippen molar-refractivity contribution in [3.8, 4) is 0 Å². The van der Waals surface area contributed by atoms with Gasteiger partial charge < -0.3 is 128 Å². The molecule has 0 aliphatic heterocycles. The summed E-state index contributed by atoms with van der Waals surface area (Å²) in [5.41, 5.74) is 0. The number of aliphatic hydroxyl groups is 1. The van der Waals surface area contributed by atoms with Crippen molar-refractivity contribution in [3.63, 3.8) is 0 Å². The molecule has 0 aromatic rings. The minimum absolute atomic E-state index is 0.0211. The molecule has 1 N–H and O–H groups in total. The molecule has 40 heteroatoms. The van der Waals surface area contributed by atoms with Crippen molar-refractivity contribution in [2.45, 2.75) is 124 Å². The maximum atomic E-state index is 15.6. The van der Waals surface area contributed by atoms with Crippen LogP contribution in [0.15, 0.2) is 0 Å². The van der Waals surface area contributed by atoms with Crippen LogP contribution in [-0.4, -0.2) is 326 Å². The van der Waals surface area contributed by atoms with E-state index in [-0.39, 0.29) is 110 Å². The summed E-state index contributed by atoms with van der Waals surface area (Å²) in [5.74, 6) is -11.6. The Morgan fingerprint density at radius 2 is 0.559 bits per heavy atom. The molecular formula is C53H114F6O28Si6. The Balaban J connectivity index is 6.42. The van der Waals surface area contributed by atoms with E-state index < -0.39 is 121 Å². The van der Waals surface area contributed by atoms with Crippen LogP contribution in [0.3, 0.4) is 0 Å². The van der Waals surface area contributed by atoms with E-state index in [0.29, 0.717) is 49.9 Å². The lowest BCUT2D eigenvalue weighted by atomic mass is 10.1. The SMILES string of the molecule is CO[Si](CO)(CCCOC(COCC(COCCC[Si](OC)(OC)OC)OCCC[Si](OC)(OC)OC)COCC(F)(F)C(F)(F)C(F)(F)OCCC(COCC(COCCC[Si](OC)(OC)OC)OCCC[Si](OC)(OC)OC)OCCC[Si](OC)(OC)OC)OC. The molecule has 0 aromatic heterocycles. The van der Waals surface area contributed by atoms with Crippen molar-refractivity contribution >= 4 is 52.6 Å². The average molecular weight is 1480 g/mol. The van der Waals surface area contributed by atoms with Crippen molar-refractivity contribution < 1.29 is 154 Å². The molecule has 0 saturated carbocycles. The number of rotatable bonds is 68. The van der Waals surface area contributed by atoms with Crippen molar-refractivity contribution in [2.75, 3.05) is 226 Å². The summed E-state index contributed by atoms with van der Waals surface area (Å²) in [6, 6.07) is 2.23. The summed E-state index contributed by atoms with van der Waals surface area (Å²) in [4.78, 5) is 0. The van der Waals surface area contributed by atoms with Gasteiger partial charge in [-0.05, 0) is 51.0 Å². The first-order chi connectivity index (χ1) is 44.3. The second kappa shape index (κ2) is 51.0. The van der Waals surface area contributed by atoms with Gasteiger partial charge in [-0.3, -0.25) is 0 Å². The van der Waals surface area contributed by atoms with Gasteiger partial charge in [0.15, 0.2) is 0 Å². The van der Waals surface area contributed by atoms with Gasteiger partial charge in [0.25, 0.3) is 0 Å². The van der Waals surface area contributed by atoms with Gasteiger partial charge in [-0.2, -0.15) is 26.3 Å². The topological polar surface area (TPSA) is 269 Å². The first-order valence-corrected chi connectivity index (χ1v) is 42.3. The number of hydrogen-bond acceptors (Lipinski definition) is 28. The van der Waals surface area contributed by atoms with Crippen LogP contribution >= 0.6 is 0 Å². The van der Waals surface area contributed by atoms with Gasteiger partial charge in [0.2, 0.25) is 0 Å². The second-order valence-electron chi connectivity index (χ2n) is 20.7. The van der Waals surface area contributed by atoms with Crippen LogP contribution in [-0.2, 0) is 123 Å². The second-order valence-corrected chi connectivity index (χ2v) is 39.6. The Morgan fingerprint density at radius 3 is 0.849 bits per heavy atom. The fourth-order valence-electron chi connectivity index (χ4n) is 9.04. The van der Waals surface area contributed by atoms with E-state index in [9.17, 15) is 5.11 Å². The summed E-state index contributed by atoms with van der Waals surface area (Å²) in [6.07, 6.45) is -7.98. The van der Waals surface area contributed by atoms with Crippen molar-refractivity contribution in [1.29, 1.82) is 0 Å². The Kier molecular flexibility index (Phi) is 50.9. The van der Waals surface area contributed by atoms with E-state index in [2.05, 4.69) is 4.74 Å². The molecule has 560 valence electrons. The maximum Gasteiger partial charge on any atom is 0.500 e. The van der Waals surface area contributed by atoms with Gasteiger partial charge in [-0.25, -0.2) is 0 Å². The lowest BCUT2D eigenvalue weighted by Crippen LogP contribution is -2.57. The molecule has 93 heavy (non-hydrogen) atoms. The highest BCUT2D eigenvalue weighted by Crippen LogP contribution is 2.46. The molecule has 4 atom stereocenters. The fraction of sp³-hybridized carbons (Fsp3) is 1.00. The maximum absolute atomic E-state index is 15.6. The minimum Gasteiger partial charge on any atom is -0.396 e. The molecule has 0 aliphatic rings. The Labute approximate surface area is 554 Å². The van der Waals surface area contributed by atoms with E-state index in [4.69, 9.17) is 118 Å². The Bertz CT molecular complexity index is 1610. The van der Waals surface area contributed by atoms with Gasteiger partial charge in [0, 0.05) is 191 Å². The lowest BCUT2D eigenvalue weighted by molar-refractivity contribution is -0.403. The van der Waals surface area contributed by atoms with Crippen LogP contribution in [0.25, 0.3) is 0 Å². The van der Waals surface area contributed by atoms with Crippen LogP contribution in [0, 0.1) is 0 Å².